The molecule has 0 bridgehead atoms. The minimum absolute atomic E-state index is 0.213. The van der Waals surface area contributed by atoms with Gasteiger partial charge in [-0.05, 0) is 53.8 Å². The Bertz CT molecular complexity index is 1240. The van der Waals surface area contributed by atoms with Gasteiger partial charge >= 0.3 is 5.97 Å². The van der Waals surface area contributed by atoms with E-state index in [1.807, 2.05) is 42.5 Å². The third-order valence-electron chi connectivity index (χ3n) is 6.07. The number of amides is 1. The van der Waals surface area contributed by atoms with Crippen LogP contribution in [0.15, 0.2) is 48.5 Å². The second-order valence-corrected chi connectivity index (χ2v) is 8.16. The SMILES string of the molecule is O=C(OCC(=O)N1CCOCC1)c1c2c(nc3ccccc13)/C(=C/c1ccc(O)cc1)CC2. The van der Waals surface area contributed by atoms with E-state index < -0.39 is 5.97 Å². The van der Waals surface area contributed by atoms with E-state index in [-0.39, 0.29) is 18.3 Å². The monoisotopic (exact) mass is 444 g/mol. The number of aromatic nitrogens is 1. The van der Waals surface area contributed by atoms with E-state index in [2.05, 4.69) is 0 Å². The van der Waals surface area contributed by atoms with Gasteiger partial charge in [0.2, 0.25) is 0 Å². The van der Waals surface area contributed by atoms with Gasteiger partial charge < -0.3 is 19.5 Å². The number of hydrogen-bond donors (Lipinski definition) is 1. The summed E-state index contributed by atoms with van der Waals surface area (Å²) in [5, 5.41) is 10.3. The largest absolute Gasteiger partial charge is 0.508 e. The molecule has 1 aliphatic carbocycles. The van der Waals surface area contributed by atoms with Gasteiger partial charge in [0.15, 0.2) is 6.61 Å². The number of hydrogen-bond acceptors (Lipinski definition) is 6. The Morgan fingerprint density at radius 1 is 1.06 bits per heavy atom. The van der Waals surface area contributed by atoms with Crippen molar-refractivity contribution in [2.45, 2.75) is 12.8 Å². The van der Waals surface area contributed by atoms with E-state index in [0.717, 1.165) is 34.2 Å². The molecule has 1 aromatic heterocycles. The van der Waals surface area contributed by atoms with Crippen LogP contribution in [-0.4, -0.2) is 59.8 Å². The average molecular weight is 444 g/mol. The van der Waals surface area contributed by atoms with Crippen LogP contribution < -0.4 is 0 Å². The number of nitrogens with zero attached hydrogens (tertiary/aromatic N) is 2. The molecule has 0 atom stereocenters. The zero-order chi connectivity index (χ0) is 22.8. The van der Waals surface area contributed by atoms with Gasteiger partial charge in [0.25, 0.3) is 5.91 Å². The molecule has 0 radical (unpaired) electrons. The quantitative estimate of drug-likeness (QED) is 0.620. The number of carbonyl (C=O) groups is 2. The molecule has 1 N–H and O–H groups in total. The number of ether oxygens (including phenoxy) is 2. The normalized spacial score (nSPS) is 16.7. The topological polar surface area (TPSA) is 89.0 Å². The molecule has 5 rings (SSSR count). The summed E-state index contributed by atoms with van der Waals surface area (Å²) in [6, 6.07) is 14.5. The van der Waals surface area contributed by atoms with Crippen molar-refractivity contribution in [1.82, 2.24) is 9.88 Å². The minimum atomic E-state index is -0.502. The van der Waals surface area contributed by atoms with Crippen molar-refractivity contribution in [1.29, 1.82) is 0 Å². The number of allylic oxidation sites excluding steroid dienone is 1. The van der Waals surface area contributed by atoms with E-state index in [1.165, 1.54) is 0 Å². The molecule has 0 spiro atoms. The van der Waals surface area contributed by atoms with Crippen molar-refractivity contribution in [3.63, 3.8) is 0 Å². The van der Waals surface area contributed by atoms with Gasteiger partial charge in [0.05, 0.1) is 30.0 Å². The second-order valence-electron chi connectivity index (χ2n) is 8.16. The fraction of sp³-hybridized carbons (Fsp3) is 0.269. The number of phenols is 1. The van der Waals surface area contributed by atoms with Gasteiger partial charge in [-0.25, -0.2) is 9.78 Å². The van der Waals surface area contributed by atoms with Crippen molar-refractivity contribution in [3.05, 3.63) is 70.9 Å². The smallest absolute Gasteiger partial charge is 0.339 e. The molecule has 2 heterocycles. The lowest BCUT2D eigenvalue weighted by Crippen LogP contribution is -2.42. The zero-order valence-electron chi connectivity index (χ0n) is 18.1. The number of pyridine rings is 1. The lowest BCUT2D eigenvalue weighted by atomic mass is 10.0. The maximum Gasteiger partial charge on any atom is 0.339 e. The van der Waals surface area contributed by atoms with E-state index >= 15 is 0 Å². The summed E-state index contributed by atoms with van der Waals surface area (Å²) in [6.45, 7) is 1.72. The first kappa shape index (κ1) is 21.2. The van der Waals surface area contributed by atoms with E-state index in [9.17, 15) is 14.7 Å². The summed E-state index contributed by atoms with van der Waals surface area (Å²) in [5.41, 5.74) is 4.81. The Balaban J connectivity index is 1.46. The predicted molar refractivity (Wildman–Crippen MR) is 124 cm³/mol. The highest BCUT2D eigenvalue weighted by Crippen LogP contribution is 2.37. The molecular weight excluding hydrogens is 420 g/mol. The number of phenolic OH excluding ortho intramolecular Hbond substituents is 1. The van der Waals surface area contributed by atoms with Crippen LogP contribution >= 0.6 is 0 Å². The van der Waals surface area contributed by atoms with Crippen LogP contribution in [0.3, 0.4) is 0 Å². The molecule has 33 heavy (non-hydrogen) atoms. The van der Waals surface area contributed by atoms with Gasteiger partial charge in [-0.2, -0.15) is 0 Å². The van der Waals surface area contributed by atoms with Crippen LogP contribution in [0.5, 0.6) is 5.75 Å². The van der Waals surface area contributed by atoms with Gasteiger partial charge in [0, 0.05) is 18.5 Å². The van der Waals surface area contributed by atoms with E-state index in [4.69, 9.17) is 14.5 Å². The summed E-state index contributed by atoms with van der Waals surface area (Å²) in [6.07, 6.45) is 3.44. The molecular formula is C26H24N2O5. The highest BCUT2D eigenvalue weighted by molar-refractivity contribution is 6.07. The first-order valence-corrected chi connectivity index (χ1v) is 11.0. The molecule has 168 valence electrons. The summed E-state index contributed by atoms with van der Waals surface area (Å²) in [7, 11) is 0. The molecule has 2 aromatic carbocycles. The fourth-order valence-electron chi connectivity index (χ4n) is 4.39. The highest BCUT2D eigenvalue weighted by Gasteiger charge is 2.28. The van der Waals surface area contributed by atoms with Crippen molar-refractivity contribution >= 4 is 34.4 Å². The van der Waals surface area contributed by atoms with Gasteiger partial charge in [-0.3, -0.25) is 4.79 Å². The standard InChI is InChI=1S/C26H24N2O5/c29-19-8-5-17(6-9-19)15-18-7-10-21-24(20-3-1-2-4-22(20)27-25(18)21)26(31)33-16-23(30)28-11-13-32-14-12-28/h1-6,8-9,15,29H,7,10-14,16H2/b18-15+. The first-order valence-electron chi connectivity index (χ1n) is 11.0. The Hall–Kier alpha value is -3.71. The van der Waals surface area contributed by atoms with Crippen molar-refractivity contribution in [2.75, 3.05) is 32.9 Å². The lowest BCUT2D eigenvalue weighted by Gasteiger charge is -2.26. The van der Waals surface area contributed by atoms with E-state index in [0.29, 0.717) is 43.8 Å². The number of rotatable bonds is 4. The van der Waals surface area contributed by atoms with Crippen LogP contribution in [0.4, 0.5) is 0 Å². The van der Waals surface area contributed by atoms with Gasteiger partial charge in [0.1, 0.15) is 5.75 Å². The zero-order valence-corrected chi connectivity index (χ0v) is 18.1. The van der Waals surface area contributed by atoms with Crippen molar-refractivity contribution in [2.24, 2.45) is 0 Å². The van der Waals surface area contributed by atoms with Crippen LogP contribution in [0, 0.1) is 0 Å². The molecule has 7 heteroatoms. The van der Waals surface area contributed by atoms with Crippen LogP contribution in [0.2, 0.25) is 0 Å². The Morgan fingerprint density at radius 3 is 2.61 bits per heavy atom. The number of benzene rings is 2. The fourth-order valence-corrected chi connectivity index (χ4v) is 4.39. The number of carbonyl (C=O) groups excluding carboxylic acids is 2. The maximum absolute atomic E-state index is 13.2. The number of aromatic hydroxyl groups is 1. The van der Waals surface area contributed by atoms with Crippen LogP contribution in [0.25, 0.3) is 22.6 Å². The van der Waals surface area contributed by atoms with Crippen LogP contribution in [-0.2, 0) is 20.7 Å². The molecule has 1 saturated heterocycles. The Labute approximate surface area is 191 Å². The molecule has 7 nitrogen and oxygen atoms in total. The lowest BCUT2D eigenvalue weighted by molar-refractivity contribution is -0.138. The molecule has 1 amide bonds. The first-order chi connectivity index (χ1) is 16.1. The number of para-hydroxylation sites is 1. The molecule has 1 aliphatic heterocycles. The third kappa shape index (κ3) is 4.32. The molecule has 2 aliphatic rings. The van der Waals surface area contributed by atoms with E-state index in [1.54, 1.807) is 17.0 Å². The number of morpholine rings is 1. The van der Waals surface area contributed by atoms with Crippen molar-refractivity contribution < 1.29 is 24.2 Å². The average Bonchev–Trinajstić information content (AvgIpc) is 3.24. The van der Waals surface area contributed by atoms with Crippen LogP contribution in [0.1, 0.15) is 33.6 Å². The third-order valence-corrected chi connectivity index (χ3v) is 6.07. The Kier molecular flexibility index (Phi) is 5.79. The summed E-state index contributed by atoms with van der Waals surface area (Å²) in [4.78, 5) is 32.2. The maximum atomic E-state index is 13.2. The predicted octanol–water partition coefficient (Wildman–Crippen LogP) is 3.44. The number of fused-ring (bicyclic) bond motifs is 2. The van der Waals surface area contributed by atoms with Gasteiger partial charge in [-0.1, -0.05) is 30.3 Å². The highest BCUT2D eigenvalue weighted by atomic mass is 16.5. The second kappa shape index (κ2) is 9.03. The summed E-state index contributed by atoms with van der Waals surface area (Å²) < 4.78 is 10.8. The molecule has 0 unspecified atom stereocenters. The van der Waals surface area contributed by atoms with Gasteiger partial charge in [-0.15, -0.1) is 0 Å². The van der Waals surface area contributed by atoms with Crippen molar-refractivity contribution in [3.8, 4) is 5.75 Å². The summed E-state index contributed by atoms with van der Waals surface area (Å²) >= 11 is 0. The number of esters is 1. The Morgan fingerprint density at radius 2 is 1.82 bits per heavy atom. The molecule has 3 aromatic rings. The minimum Gasteiger partial charge on any atom is -0.508 e. The summed E-state index contributed by atoms with van der Waals surface area (Å²) in [5.74, 6) is -0.503. The molecule has 1 fully saturated rings. The molecule has 0 saturated carbocycles.